The molecule has 0 bridgehead atoms. The molecule has 0 N–H and O–H groups in total. The number of pyridine rings is 1. The molecule has 0 atom stereocenters. The van der Waals surface area contributed by atoms with E-state index in [-0.39, 0.29) is 5.12 Å². The van der Waals surface area contributed by atoms with Gasteiger partial charge in [-0.3, -0.25) is 4.79 Å². The van der Waals surface area contributed by atoms with Crippen LogP contribution in [0.15, 0.2) is 12.3 Å². The molecule has 0 unspecified atom stereocenters. The van der Waals surface area contributed by atoms with Gasteiger partial charge in [-0.1, -0.05) is 23.6 Å². The van der Waals surface area contributed by atoms with Crippen LogP contribution in [0.5, 0.6) is 0 Å². The summed E-state index contributed by atoms with van der Waals surface area (Å²) < 4.78 is 12.8. The van der Waals surface area contributed by atoms with Crippen molar-refractivity contribution in [2.75, 3.05) is 5.75 Å². The molecular formula is C12H12FNOS. The average molecular weight is 237 g/mol. The van der Waals surface area contributed by atoms with Gasteiger partial charge in [0.1, 0.15) is 0 Å². The number of halogens is 1. The fourth-order valence-electron chi connectivity index (χ4n) is 1.04. The van der Waals surface area contributed by atoms with E-state index in [0.717, 1.165) is 5.56 Å². The van der Waals surface area contributed by atoms with Gasteiger partial charge in [0.2, 0.25) is 5.95 Å². The summed E-state index contributed by atoms with van der Waals surface area (Å²) in [5, 5.41) is 0.0907. The second kappa shape index (κ2) is 6.29. The Labute approximate surface area is 98.7 Å². The fourth-order valence-corrected chi connectivity index (χ4v) is 1.53. The predicted molar refractivity (Wildman–Crippen MR) is 63.6 cm³/mol. The van der Waals surface area contributed by atoms with Crippen LogP contribution in [0.1, 0.15) is 24.5 Å². The van der Waals surface area contributed by atoms with Gasteiger partial charge in [-0.05, 0) is 12.5 Å². The lowest BCUT2D eigenvalue weighted by molar-refractivity contribution is -0.109. The van der Waals surface area contributed by atoms with E-state index in [0.29, 0.717) is 17.7 Å². The largest absolute Gasteiger partial charge is 0.288 e. The summed E-state index contributed by atoms with van der Waals surface area (Å²) in [6.45, 7) is 3.36. The summed E-state index contributed by atoms with van der Waals surface area (Å²) in [6, 6.07) is 1.32. The van der Waals surface area contributed by atoms with E-state index >= 15 is 0 Å². The Morgan fingerprint density at radius 3 is 3.06 bits per heavy atom. The summed E-state index contributed by atoms with van der Waals surface area (Å²) in [5.41, 5.74) is 1.51. The summed E-state index contributed by atoms with van der Waals surface area (Å²) in [5.74, 6) is 5.94. The number of aryl methyl sites for hydroxylation is 1. The highest BCUT2D eigenvalue weighted by Crippen LogP contribution is 2.06. The Balaban J connectivity index is 2.56. The Kier molecular flexibility index (Phi) is 5.00. The number of hydrogen-bond donors (Lipinski definition) is 0. The molecule has 16 heavy (non-hydrogen) atoms. The second-order valence-corrected chi connectivity index (χ2v) is 4.49. The van der Waals surface area contributed by atoms with Crippen molar-refractivity contribution in [3.05, 3.63) is 29.3 Å². The molecule has 1 rings (SSSR count). The van der Waals surface area contributed by atoms with Gasteiger partial charge in [0.05, 0.1) is 0 Å². The first-order chi connectivity index (χ1) is 7.59. The zero-order valence-electron chi connectivity index (χ0n) is 9.21. The molecule has 0 saturated heterocycles. The monoisotopic (exact) mass is 237 g/mol. The van der Waals surface area contributed by atoms with E-state index in [1.54, 1.807) is 0 Å². The van der Waals surface area contributed by atoms with Crippen molar-refractivity contribution in [2.24, 2.45) is 0 Å². The lowest BCUT2D eigenvalue weighted by Crippen LogP contribution is -1.89. The molecule has 0 aliphatic carbocycles. The molecule has 1 aromatic heterocycles. The molecule has 0 fully saturated rings. The number of hydrogen-bond acceptors (Lipinski definition) is 3. The molecular weight excluding hydrogens is 225 g/mol. The molecule has 4 heteroatoms. The molecule has 0 radical (unpaired) electrons. The van der Waals surface area contributed by atoms with Crippen molar-refractivity contribution in [2.45, 2.75) is 20.3 Å². The van der Waals surface area contributed by atoms with Crippen LogP contribution < -0.4 is 0 Å². The zero-order chi connectivity index (χ0) is 12.0. The Bertz CT molecular complexity index is 448. The van der Waals surface area contributed by atoms with Crippen molar-refractivity contribution in [3.8, 4) is 11.8 Å². The van der Waals surface area contributed by atoms with Crippen LogP contribution in [0, 0.1) is 24.7 Å². The minimum absolute atomic E-state index is 0.0907. The van der Waals surface area contributed by atoms with E-state index in [1.165, 1.54) is 30.9 Å². The van der Waals surface area contributed by atoms with E-state index in [1.807, 2.05) is 6.92 Å². The molecule has 0 aromatic carbocycles. The Hall–Kier alpha value is -1.34. The molecule has 0 aliphatic rings. The minimum atomic E-state index is -0.520. The van der Waals surface area contributed by atoms with E-state index < -0.39 is 5.95 Å². The van der Waals surface area contributed by atoms with Gasteiger partial charge >= 0.3 is 0 Å². The predicted octanol–water partition coefficient (Wildman–Crippen LogP) is 2.55. The summed E-state index contributed by atoms with van der Waals surface area (Å²) in [6.07, 6.45) is 2.08. The quantitative estimate of drug-likeness (QED) is 0.450. The van der Waals surface area contributed by atoms with Gasteiger partial charge in [-0.15, -0.1) is 0 Å². The first-order valence-electron chi connectivity index (χ1n) is 4.84. The van der Waals surface area contributed by atoms with Crippen LogP contribution in [0.2, 0.25) is 0 Å². The molecule has 0 amide bonds. The Morgan fingerprint density at radius 1 is 1.62 bits per heavy atom. The van der Waals surface area contributed by atoms with Crippen LogP contribution in [0.3, 0.4) is 0 Å². The smallest absolute Gasteiger partial charge is 0.214 e. The minimum Gasteiger partial charge on any atom is -0.288 e. The van der Waals surface area contributed by atoms with Crippen molar-refractivity contribution in [1.29, 1.82) is 0 Å². The first-order valence-corrected chi connectivity index (χ1v) is 5.82. The highest BCUT2D eigenvalue weighted by Gasteiger charge is 1.97. The normalized spacial score (nSPS) is 9.44. The van der Waals surface area contributed by atoms with Crippen LogP contribution in [0.4, 0.5) is 4.39 Å². The molecule has 1 heterocycles. The van der Waals surface area contributed by atoms with E-state index in [9.17, 15) is 9.18 Å². The zero-order valence-corrected chi connectivity index (χ0v) is 10.0. The third kappa shape index (κ3) is 4.45. The van der Waals surface area contributed by atoms with Gasteiger partial charge in [0, 0.05) is 36.9 Å². The number of aromatic nitrogens is 1. The van der Waals surface area contributed by atoms with Gasteiger partial charge in [0.15, 0.2) is 5.12 Å². The summed E-state index contributed by atoms with van der Waals surface area (Å²) >= 11 is 1.25. The lowest BCUT2D eigenvalue weighted by Gasteiger charge is -1.96. The highest BCUT2D eigenvalue weighted by molar-refractivity contribution is 8.13. The molecule has 1 aromatic rings. The average Bonchev–Trinajstić information content (AvgIpc) is 2.22. The second-order valence-electron chi connectivity index (χ2n) is 3.21. The number of nitrogens with zero attached hydrogens (tertiary/aromatic N) is 1. The van der Waals surface area contributed by atoms with Crippen LogP contribution in [-0.4, -0.2) is 15.9 Å². The molecule has 0 aliphatic heterocycles. The molecule has 84 valence electrons. The third-order valence-electron chi connectivity index (χ3n) is 1.83. The van der Waals surface area contributed by atoms with Crippen molar-refractivity contribution >= 4 is 16.9 Å². The maximum atomic E-state index is 12.8. The number of thioether (sulfide) groups is 1. The lowest BCUT2D eigenvalue weighted by atomic mass is 10.1. The third-order valence-corrected chi connectivity index (χ3v) is 2.64. The number of carbonyl (C=O) groups excluding carboxylic acids is 1. The van der Waals surface area contributed by atoms with Crippen molar-refractivity contribution in [3.63, 3.8) is 0 Å². The van der Waals surface area contributed by atoms with Gasteiger partial charge < -0.3 is 0 Å². The maximum absolute atomic E-state index is 12.8. The van der Waals surface area contributed by atoms with Crippen molar-refractivity contribution < 1.29 is 9.18 Å². The van der Waals surface area contributed by atoms with Crippen LogP contribution >= 0.6 is 11.8 Å². The van der Waals surface area contributed by atoms with E-state index in [2.05, 4.69) is 16.8 Å². The Morgan fingerprint density at radius 2 is 2.38 bits per heavy atom. The SMILES string of the molecule is CC(=O)SCCC#Cc1cc(F)ncc1C. The topological polar surface area (TPSA) is 30.0 Å². The fraction of sp³-hybridized carbons (Fsp3) is 0.333. The first kappa shape index (κ1) is 12.7. The highest BCUT2D eigenvalue weighted by atomic mass is 32.2. The number of carbonyl (C=O) groups is 1. The van der Waals surface area contributed by atoms with E-state index in [4.69, 9.17) is 0 Å². The summed E-state index contributed by atoms with van der Waals surface area (Å²) in [4.78, 5) is 14.2. The van der Waals surface area contributed by atoms with Crippen LogP contribution in [-0.2, 0) is 4.79 Å². The maximum Gasteiger partial charge on any atom is 0.214 e. The van der Waals surface area contributed by atoms with Gasteiger partial charge in [-0.25, -0.2) is 4.98 Å². The molecule has 0 saturated carbocycles. The van der Waals surface area contributed by atoms with Crippen molar-refractivity contribution in [1.82, 2.24) is 4.98 Å². The van der Waals surface area contributed by atoms with Gasteiger partial charge in [-0.2, -0.15) is 4.39 Å². The molecule has 2 nitrogen and oxygen atoms in total. The summed E-state index contributed by atoms with van der Waals surface area (Å²) in [7, 11) is 0. The standard InChI is InChI=1S/C12H12FNOS/c1-9-8-14-12(13)7-11(9)5-3-4-6-16-10(2)15/h7-8H,4,6H2,1-2H3. The molecule has 0 spiro atoms. The number of rotatable bonds is 2. The van der Waals surface area contributed by atoms with Crippen LogP contribution in [0.25, 0.3) is 0 Å². The van der Waals surface area contributed by atoms with Gasteiger partial charge in [0.25, 0.3) is 0 Å².